The van der Waals surface area contributed by atoms with Gasteiger partial charge in [0, 0.05) is 29.8 Å². The summed E-state index contributed by atoms with van der Waals surface area (Å²) in [5.74, 6) is -0.196. The van der Waals surface area contributed by atoms with E-state index in [2.05, 4.69) is 4.90 Å². The van der Waals surface area contributed by atoms with Crippen molar-refractivity contribution in [3.05, 3.63) is 101 Å². The van der Waals surface area contributed by atoms with E-state index in [0.29, 0.717) is 24.1 Å². The lowest BCUT2D eigenvalue weighted by atomic mass is 9.90. The largest absolute Gasteiger partial charge is 0.484 e. The Morgan fingerprint density at radius 3 is 2.38 bits per heavy atom. The zero-order chi connectivity index (χ0) is 24.3. The van der Waals surface area contributed by atoms with Crippen LogP contribution >= 0.6 is 0 Å². The minimum Gasteiger partial charge on any atom is -0.484 e. The summed E-state index contributed by atoms with van der Waals surface area (Å²) in [4.78, 5) is 37.9. The number of carbonyl (C=O) groups is 3. The van der Waals surface area contributed by atoms with Gasteiger partial charge in [-0.25, -0.2) is 4.39 Å². The van der Waals surface area contributed by atoms with Crippen LogP contribution in [0.4, 0.5) is 4.39 Å². The summed E-state index contributed by atoms with van der Waals surface area (Å²) in [7, 11) is 2.03. The third kappa shape index (κ3) is 4.04. The van der Waals surface area contributed by atoms with Crippen molar-refractivity contribution in [2.75, 3.05) is 26.7 Å². The Balaban J connectivity index is 0.000000257. The molecular weight excluding hydrogens is 437 g/mol. The summed E-state index contributed by atoms with van der Waals surface area (Å²) in [6.07, 6.45) is 0.680. The lowest BCUT2D eigenvalue weighted by Gasteiger charge is -2.38. The van der Waals surface area contributed by atoms with E-state index in [-0.39, 0.29) is 18.3 Å². The van der Waals surface area contributed by atoms with Crippen molar-refractivity contribution in [3.63, 3.8) is 0 Å². The zero-order valence-electron chi connectivity index (χ0n) is 18.6. The maximum absolute atomic E-state index is 12.9. The number of hydrogen-bond donors (Lipinski definition) is 1. The van der Waals surface area contributed by atoms with Crippen LogP contribution in [-0.4, -0.2) is 54.6 Å². The van der Waals surface area contributed by atoms with Gasteiger partial charge in [-0.15, -0.1) is 0 Å². The number of nitrogens with zero attached hydrogens (tertiary/aromatic N) is 2. The Morgan fingerprint density at radius 2 is 1.74 bits per heavy atom. The molecule has 3 aromatic carbocycles. The van der Waals surface area contributed by atoms with Crippen molar-refractivity contribution in [3.8, 4) is 5.75 Å². The van der Waals surface area contributed by atoms with Gasteiger partial charge in [0.2, 0.25) is 0 Å². The summed E-state index contributed by atoms with van der Waals surface area (Å²) < 4.78 is 17.4. The quantitative estimate of drug-likeness (QED) is 0.590. The SMILES string of the molecule is CN1CCN2C(=O)c3ccccc3C12c1ccc(OCC(N)=O)cc1.O=Cc1ccc(F)cc1. The van der Waals surface area contributed by atoms with Crippen LogP contribution in [0.2, 0.25) is 0 Å². The molecule has 3 aromatic rings. The molecule has 2 N–H and O–H groups in total. The molecule has 2 aliphatic heterocycles. The summed E-state index contributed by atoms with van der Waals surface area (Å²) in [5, 5.41) is 0. The molecule has 5 rings (SSSR count). The van der Waals surface area contributed by atoms with Crippen molar-refractivity contribution in [2.24, 2.45) is 5.73 Å². The van der Waals surface area contributed by atoms with Crippen LogP contribution in [0.3, 0.4) is 0 Å². The molecule has 174 valence electrons. The van der Waals surface area contributed by atoms with Gasteiger partial charge in [-0.3, -0.25) is 19.3 Å². The molecule has 0 bridgehead atoms. The summed E-state index contributed by atoms with van der Waals surface area (Å²) in [6, 6.07) is 20.6. The van der Waals surface area contributed by atoms with E-state index < -0.39 is 11.6 Å². The smallest absolute Gasteiger partial charge is 0.256 e. The van der Waals surface area contributed by atoms with Crippen LogP contribution in [-0.2, 0) is 10.5 Å². The predicted octanol–water partition coefficient (Wildman–Crippen LogP) is 2.79. The molecule has 2 amide bonds. The topological polar surface area (TPSA) is 92.9 Å². The molecule has 8 heteroatoms. The van der Waals surface area contributed by atoms with Crippen molar-refractivity contribution in [1.82, 2.24) is 9.80 Å². The standard InChI is InChI=1S/C19H19N3O3.C7H5FO/c1-21-10-11-22-18(24)15-4-2-3-5-16(15)19(21,22)13-6-8-14(9-7-13)25-12-17(20)23;8-7-3-1-6(5-9)2-4-7/h2-9H,10-12H2,1H3,(H2,20,23);1-5H. The van der Waals surface area contributed by atoms with E-state index in [9.17, 15) is 18.8 Å². The first kappa shape index (κ1) is 23.1. The fourth-order valence-electron chi connectivity index (χ4n) is 4.51. The monoisotopic (exact) mass is 461 g/mol. The van der Waals surface area contributed by atoms with Crippen molar-refractivity contribution < 1.29 is 23.5 Å². The Labute approximate surface area is 196 Å². The van der Waals surface area contributed by atoms with E-state index >= 15 is 0 Å². The highest BCUT2D eigenvalue weighted by molar-refractivity contribution is 6.01. The Kier molecular flexibility index (Phi) is 6.43. The molecule has 1 fully saturated rings. The molecule has 1 atom stereocenters. The van der Waals surface area contributed by atoms with Gasteiger partial charge in [-0.1, -0.05) is 30.3 Å². The van der Waals surface area contributed by atoms with E-state index in [0.717, 1.165) is 23.2 Å². The first-order valence-electron chi connectivity index (χ1n) is 10.7. The second-order valence-electron chi connectivity index (χ2n) is 8.04. The summed E-state index contributed by atoms with van der Waals surface area (Å²) in [5.41, 5.74) is 7.78. The fourth-order valence-corrected chi connectivity index (χ4v) is 4.51. The zero-order valence-corrected chi connectivity index (χ0v) is 18.6. The van der Waals surface area contributed by atoms with E-state index in [1.54, 1.807) is 0 Å². The van der Waals surface area contributed by atoms with Gasteiger partial charge in [-0.05, 0) is 55.1 Å². The molecule has 0 aromatic heterocycles. The third-order valence-electron chi connectivity index (χ3n) is 6.02. The van der Waals surface area contributed by atoms with Crippen molar-refractivity contribution in [1.29, 1.82) is 0 Å². The number of rotatable bonds is 5. The van der Waals surface area contributed by atoms with Crippen LogP contribution in [0.25, 0.3) is 0 Å². The average molecular weight is 461 g/mol. The Hall–Kier alpha value is -4.04. The molecule has 0 saturated carbocycles. The number of aldehydes is 1. The maximum Gasteiger partial charge on any atom is 0.256 e. The van der Waals surface area contributed by atoms with Crippen LogP contribution < -0.4 is 10.5 Å². The van der Waals surface area contributed by atoms with Gasteiger partial charge in [0.15, 0.2) is 6.61 Å². The highest BCUT2D eigenvalue weighted by Gasteiger charge is 2.56. The minimum atomic E-state index is -0.587. The first-order chi connectivity index (χ1) is 16.4. The molecule has 2 heterocycles. The molecular formula is C26H24FN3O4. The average Bonchev–Trinajstić information content (AvgIpc) is 3.33. The Morgan fingerprint density at radius 1 is 1.06 bits per heavy atom. The lowest BCUT2D eigenvalue weighted by molar-refractivity contribution is -0.119. The van der Waals surface area contributed by atoms with E-state index in [1.165, 1.54) is 24.3 Å². The van der Waals surface area contributed by atoms with Gasteiger partial charge >= 0.3 is 0 Å². The summed E-state index contributed by atoms with van der Waals surface area (Å²) >= 11 is 0. The molecule has 0 radical (unpaired) electrons. The van der Waals surface area contributed by atoms with Crippen molar-refractivity contribution in [2.45, 2.75) is 5.66 Å². The molecule has 7 nitrogen and oxygen atoms in total. The maximum atomic E-state index is 12.9. The van der Waals surface area contributed by atoms with Crippen molar-refractivity contribution >= 4 is 18.1 Å². The molecule has 1 unspecified atom stereocenters. The number of hydrogen-bond acceptors (Lipinski definition) is 5. The van der Waals surface area contributed by atoms with Gasteiger partial charge in [0.25, 0.3) is 11.8 Å². The highest BCUT2D eigenvalue weighted by Crippen LogP contribution is 2.48. The first-order valence-corrected chi connectivity index (χ1v) is 10.7. The van der Waals surface area contributed by atoms with Gasteiger partial charge < -0.3 is 15.4 Å². The van der Waals surface area contributed by atoms with E-state index in [4.69, 9.17) is 10.5 Å². The van der Waals surface area contributed by atoms with Gasteiger partial charge in [-0.2, -0.15) is 0 Å². The fraction of sp³-hybridized carbons (Fsp3) is 0.192. The summed E-state index contributed by atoms with van der Waals surface area (Å²) in [6.45, 7) is 1.34. The van der Waals surface area contributed by atoms with Crippen LogP contribution in [0, 0.1) is 5.82 Å². The molecule has 34 heavy (non-hydrogen) atoms. The number of benzene rings is 3. The number of halogens is 1. The third-order valence-corrected chi connectivity index (χ3v) is 6.02. The number of amides is 2. The van der Waals surface area contributed by atoms with Gasteiger partial charge in [0.1, 0.15) is 23.5 Å². The highest BCUT2D eigenvalue weighted by atomic mass is 19.1. The number of likely N-dealkylation sites (N-methyl/N-ethyl adjacent to an activating group) is 1. The van der Waals surface area contributed by atoms with E-state index in [1.807, 2.05) is 60.5 Å². The minimum absolute atomic E-state index is 0.0639. The second-order valence-corrected chi connectivity index (χ2v) is 8.04. The van der Waals surface area contributed by atoms with Crippen LogP contribution in [0.5, 0.6) is 5.75 Å². The molecule has 0 spiro atoms. The lowest BCUT2D eigenvalue weighted by Crippen LogP contribution is -2.47. The van der Waals surface area contributed by atoms with Gasteiger partial charge in [0.05, 0.1) is 0 Å². The predicted molar refractivity (Wildman–Crippen MR) is 124 cm³/mol. The number of nitrogens with two attached hydrogens (primary N) is 1. The molecule has 2 aliphatic rings. The van der Waals surface area contributed by atoms with Crippen LogP contribution in [0.1, 0.15) is 31.8 Å². The Bertz CT molecular complexity index is 1210. The second kappa shape index (κ2) is 9.44. The number of primary amides is 1. The number of carbonyl (C=O) groups excluding carboxylic acids is 3. The number of ether oxygens (including phenoxy) is 1. The molecule has 1 saturated heterocycles. The van der Waals surface area contributed by atoms with Crippen LogP contribution in [0.15, 0.2) is 72.8 Å². The number of fused-ring (bicyclic) bond motifs is 3. The molecule has 0 aliphatic carbocycles. The normalized spacial score (nSPS) is 18.5.